The molecular weight excluding hydrogens is 479 g/mol. The second-order valence-corrected chi connectivity index (χ2v) is 9.88. The van der Waals surface area contributed by atoms with Gasteiger partial charge in [0.2, 0.25) is 5.88 Å². The summed E-state index contributed by atoms with van der Waals surface area (Å²) < 4.78 is 46.6. The molecule has 0 aromatic carbocycles. The van der Waals surface area contributed by atoms with Crippen LogP contribution in [0.2, 0.25) is 0 Å². The number of aromatic nitrogens is 3. The van der Waals surface area contributed by atoms with E-state index in [2.05, 4.69) is 25.6 Å². The molecule has 7 nitrogen and oxygen atoms in total. The van der Waals surface area contributed by atoms with Crippen molar-refractivity contribution in [2.45, 2.75) is 39.1 Å². The van der Waals surface area contributed by atoms with Crippen molar-refractivity contribution in [3.05, 3.63) is 54.0 Å². The van der Waals surface area contributed by atoms with Crippen LogP contribution in [0.25, 0.3) is 20.7 Å². The number of nitrogens with one attached hydrogen (secondary N) is 2. The van der Waals surface area contributed by atoms with E-state index in [0.717, 1.165) is 22.7 Å². The van der Waals surface area contributed by atoms with Gasteiger partial charge in [0.25, 0.3) is 0 Å². The topological polar surface area (TPSA) is 92.2 Å². The highest BCUT2D eigenvalue weighted by Crippen LogP contribution is 2.40. The molecule has 0 spiro atoms. The van der Waals surface area contributed by atoms with Crippen molar-refractivity contribution in [3.63, 3.8) is 0 Å². The number of alkyl halides is 3. The highest BCUT2D eigenvalue weighted by molar-refractivity contribution is 7.21. The van der Waals surface area contributed by atoms with Crippen molar-refractivity contribution in [1.82, 2.24) is 15.0 Å². The Morgan fingerprint density at radius 1 is 1.03 bits per heavy atom. The molecule has 0 saturated carbocycles. The number of aliphatic hydroxyl groups is 1. The minimum absolute atomic E-state index is 0.00199. The molecule has 0 aliphatic heterocycles. The summed E-state index contributed by atoms with van der Waals surface area (Å²) in [5.74, 6) is 0.478. The van der Waals surface area contributed by atoms with Gasteiger partial charge in [-0.25, -0.2) is 15.0 Å². The average molecular weight is 504 g/mol. The van der Waals surface area contributed by atoms with Gasteiger partial charge in [0.05, 0.1) is 36.9 Å². The van der Waals surface area contributed by atoms with Crippen LogP contribution in [0.5, 0.6) is 5.88 Å². The van der Waals surface area contributed by atoms with Gasteiger partial charge in [-0.3, -0.25) is 0 Å². The van der Waals surface area contributed by atoms with Gasteiger partial charge in [-0.15, -0.1) is 11.3 Å². The molecule has 0 fully saturated rings. The number of hydrogen-bond donors (Lipinski definition) is 3. The van der Waals surface area contributed by atoms with Crippen molar-refractivity contribution in [2.75, 3.05) is 17.7 Å². The molecule has 35 heavy (non-hydrogen) atoms. The van der Waals surface area contributed by atoms with Crippen molar-refractivity contribution < 1.29 is 23.0 Å². The number of thiophene rings is 1. The Morgan fingerprint density at radius 3 is 2.40 bits per heavy atom. The quantitative estimate of drug-likeness (QED) is 0.287. The summed E-state index contributed by atoms with van der Waals surface area (Å²) in [4.78, 5) is 14.3. The highest BCUT2D eigenvalue weighted by atomic mass is 32.1. The van der Waals surface area contributed by atoms with Crippen molar-refractivity contribution >= 4 is 38.7 Å². The first-order valence-corrected chi connectivity index (χ1v) is 11.5. The summed E-state index contributed by atoms with van der Waals surface area (Å²) in [7, 11) is 1.53. The zero-order valence-electron chi connectivity index (χ0n) is 19.5. The van der Waals surface area contributed by atoms with Gasteiger partial charge in [0.15, 0.2) is 0 Å². The van der Waals surface area contributed by atoms with Gasteiger partial charge < -0.3 is 20.5 Å². The van der Waals surface area contributed by atoms with E-state index in [1.165, 1.54) is 24.6 Å². The van der Waals surface area contributed by atoms with E-state index < -0.39 is 17.3 Å². The molecule has 184 valence electrons. The second-order valence-electron chi connectivity index (χ2n) is 8.85. The smallest absolute Gasteiger partial charge is 0.418 e. The van der Waals surface area contributed by atoms with Crippen molar-refractivity contribution in [3.8, 4) is 16.3 Å². The molecule has 0 bridgehead atoms. The fourth-order valence-corrected chi connectivity index (χ4v) is 4.48. The van der Waals surface area contributed by atoms with Crippen LogP contribution in [0.3, 0.4) is 0 Å². The molecule has 0 atom stereocenters. The predicted molar refractivity (Wildman–Crippen MR) is 131 cm³/mol. The molecule has 0 aliphatic rings. The third-order valence-corrected chi connectivity index (χ3v) is 6.11. The van der Waals surface area contributed by atoms with Gasteiger partial charge in [0, 0.05) is 45.4 Å². The Hall–Kier alpha value is -3.44. The molecule has 0 aliphatic carbocycles. The van der Waals surface area contributed by atoms with Gasteiger partial charge >= 0.3 is 6.18 Å². The van der Waals surface area contributed by atoms with Gasteiger partial charge in [-0.05, 0) is 39.0 Å². The molecule has 4 heterocycles. The SMILES string of the molecule is COc1ccc(-c2cc3c(Nc4cc(C(F)(F)F)c(NC(C)(C)C)cn4)c(CO)cnc3s2)cn1. The van der Waals surface area contributed by atoms with Crippen LogP contribution in [0.4, 0.5) is 30.4 Å². The Bertz CT molecular complexity index is 1350. The molecular formula is C24H24F3N5O2S. The molecule has 11 heteroatoms. The lowest BCUT2D eigenvalue weighted by atomic mass is 10.1. The first kappa shape index (κ1) is 24.7. The fraction of sp³-hybridized carbons (Fsp3) is 0.292. The van der Waals surface area contributed by atoms with Gasteiger partial charge in [-0.2, -0.15) is 13.2 Å². The highest BCUT2D eigenvalue weighted by Gasteiger charge is 2.35. The Kier molecular flexibility index (Phi) is 6.56. The van der Waals surface area contributed by atoms with E-state index in [1.54, 1.807) is 33.0 Å². The number of methoxy groups -OCH3 is 1. The molecule has 4 aromatic heterocycles. The molecule has 0 amide bonds. The monoisotopic (exact) mass is 503 g/mol. The summed E-state index contributed by atoms with van der Waals surface area (Å²) in [6, 6.07) is 6.41. The number of pyridine rings is 3. The van der Waals surface area contributed by atoms with E-state index in [1.807, 2.05) is 12.1 Å². The Balaban J connectivity index is 1.77. The summed E-state index contributed by atoms with van der Waals surface area (Å²) in [5.41, 5.74) is 0.182. The third-order valence-electron chi connectivity index (χ3n) is 5.01. The molecule has 0 unspecified atom stereocenters. The van der Waals surface area contributed by atoms with Crippen molar-refractivity contribution in [2.24, 2.45) is 0 Å². The van der Waals surface area contributed by atoms with Gasteiger partial charge in [-0.1, -0.05) is 0 Å². The second kappa shape index (κ2) is 9.31. The van der Waals surface area contributed by atoms with Crippen LogP contribution in [0, 0.1) is 0 Å². The summed E-state index contributed by atoms with van der Waals surface area (Å²) in [6.45, 7) is 4.96. The summed E-state index contributed by atoms with van der Waals surface area (Å²) in [5, 5.41) is 16.4. The lowest BCUT2D eigenvalue weighted by molar-refractivity contribution is -0.137. The third kappa shape index (κ3) is 5.46. The van der Waals surface area contributed by atoms with E-state index in [0.29, 0.717) is 27.3 Å². The molecule has 4 rings (SSSR count). The minimum atomic E-state index is -4.59. The maximum atomic E-state index is 13.8. The van der Waals surface area contributed by atoms with Crippen LogP contribution in [-0.2, 0) is 12.8 Å². The lowest BCUT2D eigenvalue weighted by Gasteiger charge is -2.25. The molecule has 4 aromatic rings. The number of fused-ring (bicyclic) bond motifs is 1. The number of nitrogens with zero attached hydrogens (tertiary/aromatic N) is 3. The zero-order chi connectivity index (χ0) is 25.4. The zero-order valence-corrected chi connectivity index (χ0v) is 20.3. The van der Waals surface area contributed by atoms with Gasteiger partial charge in [0.1, 0.15) is 10.6 Å². The first-order valence-electron chi connectivity index (χ1n) is 10.6. The van der Waals surface area contributed by atoms with E-state index in [-0.39, 0.29) is 18.1 Å². The number of aliphatic hydroxyl groups excluding tert-OH is 1. The lowest BCUT2D eigenvalue weighted by Crippen LogP contribution is -2.28. The van der Waals surface area contributed by atoms with E-state index in [9.17, 15) is 18.3 Å². The molecule has 3 N–H and O–H groups in total. The van der Waals surface area contributed by atoms with Crippen LogP contribution in [-0.4, -0.2) is 32.7 Å². The van der Waals surface area contributed by atoms with Crippen LogP contribution >= 0.6 is 11.3 Å². The van der Waals surface area contributed by atoms with Crippen LogP contribution in [0.15, 0.2) is 42.9 Å². The Morgan fingerprint density at radius 2 is 1.80 bits per heavy atom. The molecule has 0 saturated heterocycles. The number of hydrogen-bond acceptors (Lipinski definition) is 8. The first-order chi connectivity index (χ1) is 16.5. The number of ether oxygens (including phenoxy) is 1. The van der Waals surface area contributed by atoms with Crippen LogP contribution in [0.1, 0.15) is 31.9 Å². The fourth-order valence-electron chi connectivity index (χ4n) is 3.48. The summed E-state index contributed by atoms with van der Waals surface area (Å²) in [6.07, 6.45) is -0.258. The maximum absolute atomic E-state index is 13.8. The largest absolute Gasteiger partial charge is 0.481 e. The minimum Gasteiger partial charge on any atom is -0.481 e. The maximum Gasteiger partial charge on any atom is 0.418 e. The predicted octanol–water partition coefficient (Wildman–Crippen LogP) is 6.23. The average Bonchev–Trinajstić information content (AvgIpc) is 3.23. The summed E-state index contributed by atoms with van der Waals surface area (Å²) >= 11 is 1.40. The van der Waals surface area contributed by atoms with Crippen molar-refractivity contribution in [1.29, 1.82) is 0 Å². The number of rotatable bonds is 6. The van der Waals surface area contributed by atoms with E-state index >= 15 is 0 Å². The normalized spacial score (nSPS) is 12.1. The number of halogens is 3. The van der Waals surface area contributed by atoms with Crippen LogP contribution < -0.4 is 15.4 Å². The van der Waals surface area contributed by atoms with E-state index in [4.69, 9.17) is 4.74 Å². The number of anilines is 3. The Labute approximate surface area is 204 Å². The standard InChI is InChI=1S/C24H24F3N5O2S/c1-23(2,3)32-17-11-28-19(8-16(17)24(25,26)27)31-21-14(12-33)10-30-22-15(21)7-18(35-22)13-5-6-20(34-4)29-9-13/h5-11,32-33H,12H2,1-4H3,(H,28,30,31). The molecule has 0 radical (unpaired) electrons.